The third kappa shape index (κ3) is 4.34. The van der Waals surface area contributed by atoms with Crippen molar-refractivity contribution >= 4 is 10.2 Å². The normalized spacial score (nSPS) is 13.2. The maximum atomic E-state index is 5.61. The lowest BCUT2D eigenvalue weighted by Gasteiger charge is -2.30. The Balaban J connectivity index is 4.49. The number of rotatable bonds is 8. The van der Waals surface area contributed by atoms with Gasteiger partial charge in [0.1, 0.15) is 0 Å². The summed E-state index contributed by atoms with van der Waals surface area (Å²) in [4.78, 5) is 0. The summed E-state index contributed by atoms with van der Waals surface area (Å²) < 4.78 is 21.1. The lowest BCUT2D eigenvalue weighted by Crippen LogP contribution is -2.38. The van der Waals surface area contributed by atoms with E-state index >= 15 is 0 Å². The molecule has 0 N–H and O–H groups in total. The molecule has 0 heterocycles. The van der Waals surface area contributed by atoms with Gasteiger partial charge in [-0.2, -0.15) is 0 Å². The van der Waals surface area contributed by atoms with Gasteiger partial charge in [-0.15, -0.1) is 0 Å². The molecule has 0 spiro atoms. The van der Waals surface area contributed by atoms with E-state index in [4.69, 9.17) is 18.9 Å². The van der Waals surface area contributed by atoms with Crippen LogP contribution in [0.4, 0.5) is 0 Å². The topological polar surface area (TPSA) is 36.9 Å². The highest BCUT2D eigenvalue weighted by Crippen LogP contribution is 2.23. The van der Waals surface area contributed by atoms with E-state index in [-0.39, 0.29) is 0 Å². The molecule has 0 atom stereocenters. The van der Waals surface area contributed by atoms with Crippen molar-refractivity contribution in [2.45, 2.75) is 25.4 Å². The van der Waals surface area contributed by atoms with Gasteiger partial charge in [0.15, 0.2) is 0 Å². The number of ether oxygens (including phenoxy) is 4. The SMILES string of the molecule is CO/C=C(\C)C(OC)(OC)OCCC[SiH3]. The fourth-order valence-corrected chi connectivity index (χ4v) is 1.53. The van der Waals surface area contributed by atoms with Crippen molar-refractivity contribution in [2.24, 2.45) is 0 Å². The number of hydrogen-bond donors (Lipinski definition) is 0. The molecule has 0 bridgehead atoms. The van der Waals surface area contributed by atoms with Crippen LogP contribution in [0, 0.1) is 0 Å². The Bertz CT molecular complexity index is 190. The van der Waals surface area contributed by atoms with Gasteiger partial charge in [0.2, 0.25) is 0 Å². The molecule has 0 aromatic carbocycles. The average Bonchev–Trinajstić information content (AvgIpc) is 2.25. The van der Waals surface area contributed by atoms with Crippen LogP contribution in [0.1, 0.15) is 13.3 Å². The summed E-state index contributed by atoms with van der Waals surface area (Å²) in [5.74, 6) is -1.10. The first-order valence-corrected chi connectivity index (χ1v) is 6.52. The van der Waals surface area contributed by atoms with E-state index in [9.17, 15) is 0 Å². The Labute approximate surface area is 95.0 Å². The molecule has 0 saturated carbocycles. The molecule has 0 fully saturated rings. The summed E-state index contributed by atoms with van der Waals surface area (Å²) in [6.07, 6.45) is 2.59. The molecule has 0 rings (SSSR count). The van der Waals surface area contributed by atoms with E-state index in [1.54, 1.807) is 27.6 Å². The Kier molecular flexibility index (Phi) is 7.68. The van der Waals surface area contributed by atoms with Crippen LogP contribution in [0.5, 0.6) is 0 Å². The minimum absolute atomic E-state index is 0.625. The summed E-state index contributed by atoms with van der Waals surface area (Å²) in [6.45, 7) is 2.47. The molecular weight excluding hydrogens is 212 g/mol. The van der Waals surface area contributed by atoms with Crippen LogP contribution in [-0.4, -0.2) is 44.2 Å². The van der Waals surface area contributed by atoms with Crippen molar-refractivity contribution in [3.05, 3.63) is 11.8 Å². The minimum atomic E-state index is -1.10. The molecule has 5 heteroatoms. The monoisotopic (exact) mass is 234 g/mol. The van der Waals surface area contributed by atoms with E-state index < -0.39 is 5.97 Å². The Hall–Kier alpha value is -0.363. The largest absolute Gasteiger partial charge is 0.504 e. The first kappa shape index (κ1) is 14.6. The van der Waals surface area contributed by atoms with Crippen molar-refractivity contribution in [2.75, 3.05) is 27.9 Å². The molecule has 0 aromatic heterocycles. The van der Waals surface area contributed by atoms with Crippen LogP contribution in [-0.2, 0) is 18.9 Å². The van der Waals surface area contributed by atoms with Crippen molar-refractivity contribution in [3.8, 4) is 0 Å². The van der Waals surface area contributed by atoms with Gasteiger partial charge in [-0.1, -0.05) is 6.04 Å². The zero-order chi connectivity index (χ0) is 11.7. The highest BCUT2D eigenvalue weighted by atomic mass is 28.1. The van der Waals surface area contributed by atoms with Gasteiger partial charge in [-0.25, -0.2) is 0 Å². The minimum Gasteiger partial charge on any atom is -0.504 e. The molecular formula is C10H22O4Si. The first-order chi connectivity index (χ1) is 7.16. The lowest BCUT2D eigenvalue weighted by atomic mass is 10.3. The van der Waals surface area contributed by atoms with E-state index in [0.717, 1.165) is 12.0 Å². The van der Waals surface area contributed by atoms with Gasteiger partial charge in [0.05, 0.1) is 20.0 Å². The lowest BCUT2D eigenvalue weighted by molar-refractivity contribution is -0.337. The molecule has 4 nitrogen and oxygen atoms in total. The Morgan fingerprint density at radius 3 is 2.27 bits per heavy atom. The predicted octanol–water partition coefficient (Wildman–Crippen LogP) is 0.674. The number of methoxy groups -OCH3 is 3. The molecule has 0 unspecified atom stereocenters. The first-order valence-electron chi connectivity index (χ1n) is 5.11. The second-order valence-electron chi connectivity index (χ2n) is 3.20. The molecule has 0 aliphatic carbocycles. The molecule has 0 aliphatic heterocycles. The third-order valence-corrected chi connectivity index (χ3v) is 2.81. The summed E-state index contributed by atoms with van der Waals surface area (Å²) in [6, 6.07) is 1.20. The van der Waals surface area contributed by atoms with Gasteiger partial charge in [0, 0.05) is 30.0 Å². The zero-order valence-electron chi connectivity index (χ0n) is 10.3. The fraction of sp³-hybridized carbons (Fsp3) is 0.800. The molecule has 90 valence electrons. The highest BCUT2D eigenvalue weighted by Gasteiger charge is 2.33. The van der Waals surface area contributed by atoms with E-state index in [2.05, 4.69) is 0 Å². The van der Waals surface area contributed by atoms with Gasteiger partial charge in [-0.05, 0) is 13.3 Å². The molecule has 0 aromatic rings. The molecule has 0 saturated heterocycles. The van der Waals surface area contributed by atoms with Crippen molar-refractivity contribution in [1.29, 1.82) is 0 Å². The molecule has 0 aliphatic rings. The van der Waals surface area contributed by atoms with Crippen molar-refractivity contribution < 1.29 is 18.9 Å². The Morgan fingerprint density at radius 1 is 1.27 bits per heavy atom. The predicted molar refractivity (Wildman–Crippen MR) is 62.8 cm³/mol. The van der Waals surface area contributed by atoms with Gasteiger partial charge < -0.3 is 18.9 Å². The summed E-state index contributed by atoms with van der Waals surface area (Å²) in [7, 11) is 5.88. The van der Waals surface area contributed by atoms with Crippen LogP contribution in [0.15, 0.2) is 11.8 Å². The van der Waals surface area contributed by atoms with Crippen LogP contribution >= 0.6 is 0 Å². The van der Waals surface area contributed by atoms with Gasteiger partial charge >= 0.3 is 5.97 Å². The smallest absolute Gasteiger partial charge is 0.310 e. The molecule has 0 radical (unpaired) electrons. The van der Waals surface area contributed by atoms with Crippen LogP contribution in [0.2, 0.25) is 6.04 Å². The van der Waals surface area contributed by atoms with E-state index in [0.29, 0.717) is 6.61 Å². The summed E-state index contributed by atoms with van der Waals surface area (Å²) >= 11 is 0. The van der Waals surface area contributed by atoms with Gasteiger partial charge in [0.25, 0.3) is 0 Å². The van der Waals surface area contributed by atoms with Gasteiger partial charge in [-0.3, -0.25) is 0 Å². The Morgan fingerprint density at radius 2 is 1.87 bits per heavy atom. The summed E-state index contributed by atoms with van der Waals surface area (Å²) in [5.41, 5.74) is 0.753. The second kappa shape index (κ2) is 7.87. The highest BCUT2D eigenvalue weighted by molar-refractivity contribution is 6.08. The molecule has 0 amide bonds. The van der Waals surface area contributed by atoms with Crippen LogP contribution in [0.3, 0.4) is 0 Å². The quantitative estimate of drug-likeness (QED) is 0.268. The molecule has 15 heavy (non-hydrogen) atoms. The van der Waals surface area contributed by atoms with E-state index in [1.807, 2.05) is 6.92 Å². The van der Waals surface area contributed by atoms with Crippen LogP contribution < -0.4 is 0 Å². The van der Waals surface area contributed by atoms with E-state index in [1.165, 1.54) is 16.3 Å². The van der Waals surface area contributed by atoms with Crippen LogP contribution in [0.25, 0.3) is 0 Å². The summed E-state index contributed by atoms with van der Waals surface area (Å²) in [5, 5.41) is 0. The maximum Gasteiger partial charge on any atom is 0.310 e. The number of hydrogen-bond acceptors (Lipinski definition) is 4. The maximum absolute atomic E-state index is 5.61. The van der Waals surface area contributed by atoms with Crippen molar-refractivity contribution in [3.63, 3.8) is 0 Å². The standard InChI is InChI=1S/C10H22O4Si/c1-9(8-11-2)10(12-3,13-4)14-6-5-7-15/h8H,5-7H2,1-4,15H3/b9-8+. The second-order valence-corrected chi connectivity index (χ2v) is 4.20. The zero-order valence-corrected chi connectivity index (χ0v) is 12.3. The van der Waals surface area contributed by atoms with Crippen molar-refractivity contribution in [1.82, 2.24) is 0 Å². The average molecular weight is 234 g/mol. The fourth-order valence-electron chi connectivity index (χ4n) is 1.24. The third-order valence-electron chi connectivity index (χ3n) is 2.11.